The fraction of sp³-hybridized carbons (Fsp3) is 0.500. The lowest BCUT2D eigenvalue weighted by Gasteiger charge is -2.21. The second-order valence-electron chi connectivity index (χ2n) is 28.5. The molecule has 0 aliphatic rings. The van der Waals surface area contributed by atoms with Crippen LogP contribution in [0.1, 0.15) is 278 Å². The van der Waals surface area contributed by atoms with Gasteiger partial charge in [0.05, 0.1) is 0 Å². The van der Waals surface area contributed by atoms with Crippen molar-refractivity contribution < 1.29 is 0 Å². The summed E-state index contributed by atoms with van der Waals surface area (Å²) in [7, 11) is 0. The number of benzene rings is 9. The van der Waals surface area contributed by atoms with Gasteiger partial charge in [-0.15, -0.1) is 0 Å². The van der Waals surface area contributed by atoms with Crippen LogP contribution in [0.15, 0.2) is 0 Å². The third kappa shape index (κ3) is 16.9. The molecule has 0 heterocycles. The van der Waals surface area contributed by atoms with Crippen molar-refractivity contribution in [2.24, 2.45) is 0 Å². The highest BCUT2D eigenvalue weighted by Crippen LogP contribution is 2.40. The van der Waals surface area contributed by atoms with Crippen LogP contribution in [0.25, 0.3) is 32.3 Å². The smallest absolute Gasteiger partial charge is 0.0114 e. The summed E-state index contributed by atoms with van der Waals surface area (Å²) in [5, 5.41) is 8.90. The van der Waals surface area contributed by atoms with Gasteiger partial charge < -0.3 is 0 Å². The maximum absolute atomic E-state index is 2.27. The van der Waals surface area contributed by atoms with Crippen LogP contribution in [-0.2, 0) is 0 Å². The fourth-order valence-corrected chi connectivity index (χ4v) is 14.6. The molecule has 0 N–H and O–H groups in total. The van der Waals surface area contributed by atoms with Crippen molar-refractivity contribution in [1.82, 2.24) is 0 Å². The monoisotopic (exact) mass is 1300 g/mol. The summed E-state index contributed by atoms with van der Waals surface area (Å²) >= 11 is 0. The summed E-state index contributed by atoms with van der Waals surface area (Å²) in [5.74, 6) is 0. The molecule has 0 fully saturated rings. The third-order valence-corrected chi connectivity index (χ3v) is 25.5. The van der Waals surface area contributed by atoms with E-state index in [1.165, 1.54) is 266 Å². The van der Waals surface area contributed by atoms with Gasteiger partial charge in [0.1, 0.15) is 0 Å². The molecular weight excluding hydrogens is 1150 g/mol. The van der Waals surface area contributed by atoms with Crippen LogP contribution in [0.2, 0.25) is 0 Å². The molecule has 9 aromatic carbocycles. The van der Waals surface area contributed by atoms with Gasteiger partial charge in [0.2, 0.25) is 0 Å². The summed E-state index contributed by atoms with van der Waals surface area (Å²) in [5.41, 5.74) is 61.0. The third-order valence-electron chi connectivity index (χ3n) is 25.5. The summed E-state index contributed by atoms with van der Waals surface area (Å²) in [6.45, 7) is 94.1. The summed E-state index contributed by atoms with van der Waals surface area (Å²) in [6, 6.07) is 0. The Bertz CT molecular complexity index is 3250. The molecule has 0 aliphatic heterocycles. The highest BCUT2D eigenvalue weighted by Gasteiger charge is 2.20. The molecule has 0 saturated heterocycles. The normalized spacial score (nSPS) is 10.3. The first-order chi connectivity index (χ1) is 41.2. The Morgan fingerprint density at radius 2 is 0.0938 bits per heavy atom. The maximum Gasteiger partial charge on any atom is -0.0114 e. The molecule has 0 radical (unpaired) electrons. The molecule has 0 atom stereocenters. The average Bonchev–Trinajstić information content (AvgIpc) is 0.758. The first-order valence-corrected chi connectivity index (χ1v) is 33.8. The first-order valence-electron chi connectivity index (χ1n) is 33.8. The molecule has 9 aromatic rings. The van der Waals surface area contributed by atoms with Gasteiger partial charge in [-0.1, -0.05) is 44.6 Å². The zero-order valence-corrected chi connectivity index (χ0v) is 66.0. The van der Waals surface area contributed by atoms with Crippen molar-refractivity contribution in [3.63, 3.8) is 0 Å². The molecule has 0 amide bonds. The predicted octanol–water partition coefficient (Wildman–Crippen LogP) is 30.3. The minimum atomic E-state index is 0. The largest absolute Gasteiger partial charge is 0.0776 e. The van der Waals surface area contributed by atoms with E-state index in [0.717, 1.165) is 0 Å². The summed E-state index contributed by atoms with van der Waals surface area (Å²) < 4.78 is 0. The predicted molar refractivity (Wildman–Crippen MR) is 451 cm³/mol. The van der Waals surface area contributed by atoms with Gasteiger partial charge in [-0.3, -0.25) is 0 Å². The van der Waals surface area contributed by atoms with E-state index < -0.39 is 0 Å². The second kappa shape index (κ2) is 36.0. The number of fused-ring (bicyclic) bond motifs is 3. The topological polar surface area (TPSA) is 0 Å². The van der Waals surface area contributed by atoms with E-state index in [1.807, 2.05) is 0 Å². The van der Waals surface area contributed by atoms with Gasteiger partial charge in [0, 0.05) is 0 Å². The van der Waals surface area contributed by atoms with Gasteiger partial charge in [0.25, 0.3) is 0 Å². The highest BCUT2D eigenvalue weighted by atomic mass is 14.2. The van der Waals surface area contributed by atoms with Gasteiger partial charge >= 0.3 is 0 Å². The summed E-state index contributed by atoms with van der Waals surface area (Å²) in [4.78, 5) is 0. The minimum Gasteiger partial charge on any atom is -0.0776 e. The Morgan fingerprint density at radius 1 is 0.0625 bits per heavy atom. The van der Waals surface area contributed by atoms with Crippen molar-refractivity contribution in [2.75, 3.05) is 0 Å². The minimum absolute atomic E-state index is 0. The molecule has 96 heavy (non-hydrogen) atoms. The number of rotatable bonds is 0. The Kier molecular flexibility index (Phi) is 35.3. The van der Waals surface area contributed by atoms with Crippen LogP contribution in [0.3, 0.4) is 0 Å². The molecule has 0 aliphatic carbocycles. The second-order valence-corrected chi connectivity index (χ2v) is 28.5. The molecule has 0 saturated carbocycles. The van der Waals surface area contributed by atoms with E-state index in [-0.39, 0.29) is 44.6 Å². The van der Waals surface area contributed by atoms with E-state index in [9.17, 15) is 0 Å². The van der Waals surface area contributed by atoms with E-state index in [1.54, 1.807) is 0 Å². The van der Waals surface area contributed by atoms with Gasteiger partial charge in [-0.05, 0) is 557 Å². The van der Waals surface area contributed by atoms with Crippen molar-refractivity contribution >= 4 is 32.3 Å². The van der Waals surface area contributed by atoms with Crippen molar-refractivity contribution in [3.05, 3.63) is 234 Å². The summed E-state index contributed by atoms with van der Waals surface area (Å²) in [6.07, 6.45) is 0. The molecular formula is C96H150. The quantitative estimate of drug-likeness (QED) is 0.142. The van der Waals surface area contributed by atoms with Crippen molar-refractivity contribution in [2.45, 2.75) is 335 Å². The van der Waals surface area contributed by atoms with Crippen molar-refractivity contribution in [1.29, 1.82) is 0 Å². The van der Waals surface area contributed by atoms with Crippen LogP contribution in [0.4, 0.5) is 0 Å². The van der Waals surface area contributed by atoms with Gasteiger partial charge in [-0.2, -0.15) is 0 Å². The zero-order chi connectivity index (χ0) is 69.7. The lowest BCUT2D eigenvalue weighted by atomic mass is 9.83. The molecule has 0 heteroatoms. The number of hydrogen-bond acceptors (Lipinski definition) is 0. The number of aryl methyl sites for hydroxylation is 12. The van der Waals surface area contributed by atoms with Crippen LogP contribution < -0.4 is 0 Å². The number of hydrogen-bond donors (Lipinski definition) is 0. The Morgan fingerprint density at radius 3 is 0.135 bits per heavy atom. The van der Waals surface area contributed by atoms with Crippen LogP contribution in [-0.4, -0.2) is 0 Å². The Labute approximate surface area is 597 Å². The van der Waals surface area contributed by atoms with Gasteiger partial charge in [-0.25, -0.2) is 0 Å². The molecule has 0 bridgehead atoms. The SMILES string of the molecule is C.C.C.C.C.C.Cc1c(C)c(C)c(C)c(C)c1C.Cc1c(C)c(C)c(C)c(C)c1C.Cc1c(C)c(C)c(C)c(C)c1C.Cc1c(C)c(C)c2c(C)c(C)c(C)c(C)c2c1C.Cc1c(C)c(C)c2c(C)c(C)c(C)c(C)c2c1C.Cc1c(C)c(C)c2c(C)c(C)c(C)c(C)c2c1C. The van der Waals surface area contributed by atoms with E-state index in [2.05, 4.69) is 291 Å². The van der Waals surface area contributed by atoms with E-state index in [4.69, 9.17) is 0 Å². The lowest BCUT2D eigenvalue weighted by molar-refractivity contribution is 1.13. The van der Waals surface area contributed by atoms with E-state index >= 15 is 0 Å². The van der Waals surface area contributed by atoms with Crippen LogP contribution >= 0.6 is 0 Å². The Balaban J connectivity index is -0.00000108. The molecule has 0 aromatic heterocycles. The molecule has 9 rings (SSSR count). The standard InChI is InChI=1S/3C18H24.3C12H18.6CH4/c3*1-9-10(2)14(6)18-16(8)12(4)11(3)15(7)17(18)13(9)5;3*1-7-8(2)10(4)12(6)11(5)9(7)3;;;;;;/h3*1-8H3;3*1-6H3;6*1H4. The molecule has 0 nitrogen and oxygen atoms in total. The zero-order valence-electron chi connectivity index (χ0n) is 66.0. The van der Waals surface area contributed by atoms with Crippen molar-refractivity contribution in [3.8, 4) is 0 Å². The molecule has 534 valence electrons. The molecule has 0 unspecified atom stereocenters. The fourth-order valence-electron chi connectivity index (χ4n) is 14.6. The maximum atomic E-state index is 2.27. The lowest BCUT2D eigenvalue weighted by Crippen LogP contribution is -2.01. The van der Waals surface area contributed by atoms with Gasteiger partial charge in [0.15, 0.2) is 0 Å². The van der Waals surface area contributed by atoms with Crippen LogP contribution in [0, 0.1) is 291 Å². The first kappa shape index (κ1) is 93.9. The average molecular weight is 1300 g/mol. The van der Waals surface area contributed by atoms with Crippen LogP contribution in [0.5, 0.6) is 0 Å². The van der Waals surface area contributed by atoms with E-state index in [0.29, 0.717) is 0 Å². The highest BCUT2D eigenvalue weighted by molar-refractivity contribution is 5.99. The molecule has 0 spiro atoms. The Hall–Kier alpha value is -6.24.